The first kappa shape index (κ1) is 25.4. The average molecular weight is 614 g/mol. The maximum atomic E-state index is 14.7. The van der Waals surface area contributed by atoms with Gasteiger partial charge < -0.3 is 15.8 Å². The molecule has 3 aromatic rings. The highest BCUT2D eigenvalue weighted by atomic mass is 127. The van der Waals surface area contributed by atoms with Crippen molar-refractivity contribution in [2.24, 2.45) is 10.9 Å². The van der Waals surface area contributed by atoms with Crippen molar-refractivity contribution in [3.05, 3.63) is 74.6 Å². The molecule has 0 bridgehead atoms. The molecule has 8 nitrogen and oxygen atoms in total. The molecule has 1 amide bonds. The lowest BCUT2D eigenvalue weighted by atomic mass is 10.1. The van der Waals surface area contributed by atoms with Crippen molar-refractivity contribution in [3.8, 4) is 11.5 Å². The Bertz CT molecular complexity index is 1420. The van der Waals surface area contributed by atoms with Gasteiger partial charge in [0.15, 0.2) is 29.0 Å². The molecule has 0 aliphatic carbocycles. The van der Waals surface area contributed by atoms with E-state index in [1.807, 2.05) is 22.6 Å². The number of hydrogen-bond donors (Lipinski definition) is 4. The van der Waals surface area contributed by atoms with Gasteiger partial charge in [0.2, 0.25) is 0 Å². The monoisotopic (exact) mass is 614 g/mol. The molecular formula is C19H12F5IN4O4S. The average Bonchev–Trinajstić information content (AvgIpc) is 2.72. The summed E-state index contributed by atoms with van der Waals surface area (Å²) in [6, 6.07) is 5.28. The molecule has 0 radical (unpaired) electrons. The highest BCUT2D eigenvalue weighted by Gasteiger charge is 2.26. The van der Waals surface area contributed by atoms with Crippen LogP contribution in [0.5, 0.6) is 11.5 Å². The first-order valence-electron chi connectivity index (χ1n) is 8.78. The number of carbonyl (C=O) groups is 1. The van der Waals surface area contributed by atoms with Gasteiger partial charge >= 0.3 is 0 Å². The molecule has 6 N–H and O–H groups in total. The van der Waals surface area contributed by atoms with Crippen LogP contribution >= 0.6 is 22.6 Å². The Hall–Kier alpha value is -3.18. The highest BCUT2D eigenvalue weighted by molar-refractivity contribution is 14.1. The number of anilines is 3. The molecule has 0 heterocycles. The van der Waals surface area contributed by atoms with Gasteiger partial charge in [-0.25, -0.2) is 27.1 Å². The molecule has 0 spiro atoms. The minimum absolute atomic E-state index is 0.348. The normalized spacial score (nSPS) is 11.3. The van der Waals surface area contributed by atoms with E-state index < -0.39 is 73.6 Å². The van der Waals surface area contributed by atoms with Gasteiger partial charge in [-0.2, -0.15) is 8.42 Å². The number of nitrogens with two attached hydrogens (primary N) is 2. The van der Waals surface area contributed by atoms with Crippen LogP contribution < -0.4 is 25.6 Å². The summed E-state index contributed by atoms with van der Waals surface area (Å²) in [6.07, 6.45) is 0. The van der Waals surface area contributed by atoms with Crippen molar-refractivity contribution in [2.45, 2.75) is 0 Å². The Morgan fingerprint density at radius 2 is 1.56 bits per heavy atom. The van der Waals surface area contributed by atoms with E-state index >= 15 is 0 Å². The molecule has 180 valence electrons. The van der Waals surface area contributed by atoms with E-state index in [2.05, 4.69) is 5.32 Å². The smallest absolute Gasteiger partial charge is 0.296 e. The molecule has 15 heteroatoms. The molecular weight excluding hydrogens is 602 g/mol. The van der Waals surface area contributed by atoms with Gasteiger partial charge in [0.25, 0.3) is 16.1 Å². The summed E-state index contributed by atoms with van der Waals surface area (Å²) < 4.78 is 101. The van der Waals surface area contributed by atoms with E-state index in [0.717, 1.165) is 6.07 Å². The Morgan fingerprint density at radius 1 is 0.882 bits per heavy atom. The minimum Gasteiger partial charge on any atom is -0.453 e. The van der Waals surface area contributed by atoms with E-state index in [1.54, 1.807) is 0 Å². The fourth-order valence-electron chi connectivity index (χ4n) is 2.74. The van der Waals surface area contributed by atoms with Gasteiger partial charge in [0, 0.05) is 9.64 Å². The zero-order valence-corrected chi connectivity index (χ0v) is 19.4. The lowest BCUT2D eigenvalue weighted by Crippen LogP contribution is -2.23. The molecule has 0 fully saturated rings. The number of benzene rings is 3. The third-order valence-electron chi connectivity index (χ3n) is 4.14. The van der Waals surface area contributed by atoms with Crippen LogP contribution in [0.2, 0.25) is 0 Å². The summed E-state index contributed by atoms with van der Waals surface area (Å²) in [6.45, 7) is 0. The van der Waals surface area contributed by atoms with Crippen molar-refractivity contribution < 1.29 is 39.9 Å². The van der Waals surface area contributed by atoms with Gasteiger partial charge in [-0.1, -0.05) is 0 Å². The maximum absolute atomic E-state index is 14.7. The number of halogens is 6. The van der Waals surface area contributed by atoms with Crippen molar-refractivity contribution in [1.29, 1.82) is 0 Å². The van der Waals surface area contributed by atoms with E-state index in [-0.39, 0.29) is 5.69 Å². The maximum Gasteiger partial charge on any atom is 0.296 e. The SMILES string of the molecule is NC(=O)c1c(Oc2ccc(F)c(NS(N)(=O)=O)c2F)cc(F)c(F)c1Nc1ccc(I)cc1F. The second-order valence-electron chi connectivity index (χ2n) is 6.52. The summed E-state index contributed by atoms with van der Waals surface area (Å²) >= 11 is 1.81. The summed E-state index contributed by atoms with van der Waals surface area (Å²) in [5, 5.41) is 6.93. The fraction of sp³-hybridized carbons (Fsp3) is 0. The van der Waals surface area contributed by atoms with Gasteiger partial charge in [-0.3, -0.25) is 9.52 Å². The summed E-state index contributed by atoms with van der Waals surface area (Å²) in [5.74, 6) is -10.2. The number of nitrogens with one attached hydrogen (secondary N) is 2. The van der Waals surface area contributed by atoms with Crippen LogP contribution in [0.15, 0.2) is 36.4 Å². The number of amides is 1. The molecule has 0 atom stereocenters. The van der Waals surface area contributed by atoms with Gasteiger partial charge in [0.1, 0.15) is 22.8 Å². The Labute approximate surface area is 202 Å². The number of rotatable bonds is 7. The van der Waals surface area contributed by atoms with Crippen LogP contribution in [-0.4, -0.2) is 14.3 Å². The molecule has 0 unspecified atom stereocenters. The van der Waals surface area contributed by atoms with Gasteiger partial charge in [-0.15, -0.1) is 0 Å². The van der Waals surface area contributed by atoms with E-state index in [9.17, 15) is 35.2 Å². The molecule has 0 aromatic heterocycles. The number of carbonyl (C=O) groups excluding carboxylic acids is 1. The van der Waals surface area contributed by atoms with Gasteiger partial charge in [-0.05, 0) is 52.9 Å². The Morgan fingerprint density at radius 3 is 2.15 bits per heavy atom. The lowest BCUT2D eigenvalue weighted by Gasteiger charge is -2.17. The largest absolute Gasteiger partial charge is 0.453 e. The Balaban J connectivity index is 2.15. The number of primary amides is 1. The lowest BCUT2D eigenvalue weighted by molar-refractivity contribution is 0.0998. The molecule has 3 rings (SSSR count). The fourth-order valence-corrected chi connectivity index (χ4v) is 3.66. The van der Waals surface area contributed by atoms with Crippen LogP contribution in [0.25, 0.3) is 0 Å². The van der Waals surface area contributed by atoms with Crippen LogP contribution in [0.1, 0.15) is 10.4 Å². The molecule has 34 heavy (non-hydrogen) atoms. The van der Waals surface area contributed by atoms with Crippen molar-refractivity contribution >= 4 is 55.8 Å². The summed E-state index contributed by atoms with van der Waals surface area (Å²) in [7, 11) is -4.61. The number of ether oxygens (including phenoxy) is 1. The topological polar surface area (TPSA) is 137 Å². The standard InChI is InChI=1S/C19H12F5IN4O4S/c20-8-2-4-12(16(24)17(8)29-34(27,31)32)33-13-6-10(22)15(23)18(14(13)19(26)30)28-11-3-1-7(25)5-9(11)21/h1-6,28-29H,(H2,26,30)(H2,27,31,32). The second-order valence-corrected chi connectivity index (χ2v) is 9.06. The predicted octanol–water partition coefficient (Wildman–Crippen LogP) is 4.24. The molecule has 0 saturated carbocycles. The number of hydrogen-bond acceptors (Lipinski definition) is 5. The van der Waals surface area contributed by atoms with Crippen molar-refractivity contribution in [2.75, 3.05) is 10.0 Å². The van der Waals surface area contributed by atoms with E-state index in [0.29, 0.717) is 21.8 Å². The van der Waals surface area contributed by atoms with Crippen LogP contribution in [0.3, 0.4) is 0 Å². The summed E-state index contributed by atoms with van der Waals surface area (Å²) in [5.41, 5.74) is 1.92. The van der Waals surface area contributed by atoms with Crippen molar-refractivity contribution in [3.63, 3.8) is 0 Å². The van der Waals surface area contributed by atoms with Crippen LogP contribution in [0.4, 0.5) is 39.0 Å². The second kappa shape index (κ2) is 9.59. The first-order valence-corrected chi connectivity index (χ1v) is 11.4. The minimum atomic E-state index is -4.61. The third kappa shape index (κ3) is 5.48. The summed E-state index contributed by atoms with van der Waals surface area (Å²) in [4.78, 5) is 12.1. The van der Waals surface area contributed by atoms with E-state index in [4.69, 9.17) is 15.6 Å². The van der Waals surface area contributed by atoms with Crippen molar-refractivity contribution in [1.82, 2.24) is 0 Å². The highest BCUT2D eigenvalue weighted by Crippen LogP contribution is 2.38. The molecule has 3 aromatic carbocycles. The molecule has 0 saturated heterocycles. The molecule has 0 aliphatic heterocycles. The molecule has 0 aliphatic rings. The van der Waals surface area contributed by atoms with Gasteiger partial charge in [0.05, 0.1) is 11.4 Å². The zero-order valence-electron chi connectivity index (χ0n) is 16.4. The first-order chi connectivity index (χ1) is 15.8. The Kier molecular flexibility index (Phi) is 7.18. The van der Waals surface area contributed by atoms with E-state index in [1.165, 1.54) is 16.9 Å². The quantitative estimate of drug-likeness (QED) is 0.233. The predicted molar refractivity (Wildman–Crippen MR) is 120 cm³/mol. The third-order valence-corrected chi connectivity index (χ3v) is 5.30. The van der Waals surface area contributed by atoms with Crippen LogP contribution in [-0.2, 0) is 10.2 Å². The zero-order chi connectivity index (χ0) is 25.4. The van der Waals surface area contributed by atoms with Crippen LogP contribution in [0, 0.1) is 32.7 Å².